The smallest absolute Gasteiger partial charge is 0.407 e. The van der Waals surface area contributed by atoms with Gasteiger partial charge in [0.15, 0.2) is 0 Å². The van der Waals surface area contributed by atoms with E-state index < -0.39 is 17.0 Å². The Morgan fingerprint density at radius 3 is 2.32 bits per heavy atom. The molecule has 0 aliphatic rings. The molecular formula is C15H23NO3. The summed E-state index contributed by atoms with van der Waals surface area (Å²) < 4.78 is 5.17. The summed E-state index contributed by atoms with van der Waals surface area (Å²) in [6.45, 7) is 7.75. The number of aliphatic hydroxyl groups is 1. The number of carbonyl (C=O) groups excluding carboxylic acids is 1. The lowest BCUT2D eigenvalue weighted by Gasteiger charge is -2.40. The number of rotatable bonds is 5. The van der Waals surface area contributed by atoms with Crippen LogP contribution in [0.1, 0.15) is 33.3 Å². The molecule has 1 aromatic carbocycles. The van der Waals surface area contributed by atoms with Crippen LogP contribution in [0.3, 0.4) is 0 Å². The predicted octanol–water partition coefficient (Wildman–Crippen LogP) is 2.71. The molecule has 1 rings (SSSR count). The average Bonchev–Trinajstić information content (AvgIpc) is 2.37. The highest BCUT2D eigenvalue weighted by Gasteiger charge is 2.38. The molecule has 106 valence electrons. The van der Waals surface area contributed by atoms with Crippen molar-refractivity contribution in [2.75, 3.05) is 6.61 Å². The summed E-state index contributed by atoms with van der Waals surface area (Å²) >= 11 is 0. The topological polar surface area (TPSA) is 58.6 Å². The van der Waals surface area contributed by atoms with Crippen molar-refractivity contribution in [1.29, 1.82) is 0 Å². The van der Waals surface area contributed by atoms with Gasteiger partial charge in [0.05, 0.1) is 6.61 Å². The Bertz CT molecular complexity index is 413. The lowest BCUT2D eigenvalue weighted by atomic mass is 9.75. The van der Waals surface area contributed by atoms with Crippen LogP contribution in [0.15, 0.2) is 30.3 Å². The van der Waals surface area contributed by atoms with Crippen molar-refractivity contribution < 1.29 is 14.6 Å². The molecule has 19 heavy (non-hydrogen) atoms. The van der Waals surface area contributed by atoms with Crippen molar-refractivity contribution in [3.63, 3.8) is 0 Å². The van der Waals surface area contributed by atoms with E-state index in [0.717, 1.165) is 5.56 Å². The van der Waals surface area contributed by atoms with E-state index in [1.54, 1.807) is 0 Å². The van der Waals surface area contributed by atoms with Gasteiger partial charge in [0.2, 0.25) is 0 Å². The molecule has 0 unspecified atom stereocenters. The highest BCUT2D eigenvalue weighted by atomic mass is 16.5. The normalized spacial score (nSPS) is 12.1. The first-order valence-electron chi connectivity index (χ1n) is 6.38. The van der Waals surface area contributed by atoms with Crippen molar-refractivity contribution in [2.24, 2.45) is 5.41 Å². The minimum Gasteiger partial charge on any atom is -0.445 e. The molecule has 4 nitrogen and oxygen atoms in total. The van der Waals surface area contributed by atoms with E-state index >= 15 is 0 Å². The molecular weight excluding hydrogens is 242 g/mol. The minimum absolute atomic E-state index is 0.0149. The molecule has 0 aliphatic carbocycles. The quantitative estimate of drug-likeness (QED) is 0.860. The number of hydrogen-bond donors (Lipinski definition) is 2. The SMILES string of the molecule is CC(C)(CO)C(C)(C)NC(=O)OCc1ccccc1. The van der Waals surface area contributed by atoms with E-state index in [9.17, 15) is 9.90 Å². The molecule has 0 saturated heterocycles. The monoisotopic (exact) mass is 265 g/mol. The van der Waals surface area contributed by atoms with Crippen molar-refractivity contribution in [2.45, 2.75) is 39.8 Å². The third-order valence-electron chi connectivity index (χ3n) is 3.71. The second-order valence-corrected chi connectivity index (χ2v) is 5.85. The van der Waals surface area contributed by atoms with Gasteiger partial charge in [-0.3, -0.25) is 0 Å². The summed E-state index contributed by atoms with van der Waals surface area (Å²) in [7, 11) is 0. The zero-order chi connectivity index (χ0) is 14.5. The highest BCUT2D eigenvalue weighted by molar-refractivity contribution is 5.68. The first kappa shape index (κ1) is 15.5. The molecule has 2 N–H and O–H groups in total. The number of nitrogens with one attached hydrogen (secondary N) is 1. The van der Waals surface area contributed by atoms with Crippen molar-refractivity contribution in [3.05, 3.63) is 35.9 Å². The minimum atomic E-state index is -0.560. The van der Waals surface area contributed by atoms with Crippen molar-refractivity contribution >= 4 is 6.09 Å². The Kier molecular flexibility index (Phi) is 4.95. The summed E-state index contributed by atoms with van der Waals surface area (Å²) in [5, 5.41) is 12.2. The Morgan fingerprint density at radius 2 is 1.79 bits per heavy atom. The van der Waals surface area contributed by atoms with Gasteiger partial charge in [-0.05, 0) is 19.4 Å². The molecule has 0 radical (unpaired) electrons. The maximum absolute atomic E-state index is 11.8. The maximum Gasteiger partial charge on any atom is 0.407 e. The Hall–Kier alpha value is -1.55. The van der Waals surface area contributed by atoms with Gasteiger partial charge in [0.25, 0.3) is 0 Å². The molecule has 0 spiro atoms. The zero-order valence-corrected chi connectivity index (χ0v) is 12.1. The van der Waals surface area contributed by atoms with Gasteiger partial charge in [-0.1, -0.05) is 44.2 Å². The fourth-order valence-corrected chi connectivity index (χ4v) is 1.38. The van der Waals surface area contributed by atoms with Gasteiger partial charge < -0.3 is 15.2 Å². The number of amides is 1. The first-order chi connectivity index (χ1) is 8.78. The van der Waals surface area contributed by atoms with Gasteiger partial charge in [-0.2, -0.15) is 0 Å². The van der Waals surface area contributed by atoms with E-state index in [4.69, 9.17) is 4.74 Å². The molecule has 0 fully saturated rings. The van der Waals surface area contributed by atoms with Crippen LogP contribution >= 0.6 is 0 Å². The zero-order valence-electron chi connectivity index (χ0n) is 12.1. The third kappa shape index (κ3) is 4.24. The van der Waals surface area contributed by atoms with Gasteiger partial charge in [0.1, 0.15) is 6.61 Å². The molecule has 0 saturated carbocycles. The molecule has 4 heteroatoms. The van der Waals surface area contributed by atoms with Crippen LogP contribution in [0.4, 0.5) is 4.79 Å². The van der Waals surface area contributed by atoms with Crippen molar-refractivity contribution in [3.8, 4) is 0 Å². The molecule has 1 aromatic rings. The summed E-state index contributed by atoms with van der Waals surface area (Å²) in [5.74, 6) is 0. The van der Waals surface area contributed by atoms with Crippen molar-refractivity contribution in [1.82, 2.24) is 5.32 Å². The van der Waals surface area contributed by atoms with Crippen LogP contribution in [0, 0.1) is 5.41 Å². The second-order valence-electron chi connectivity index (χ2n) is 5.85. The number of ether oxygens (including phenoxy) is 1. The maximum atomic E-state index is 11.8. The third-order valence-corrected chi connectivity index (χ3v) is 3.71. The molecule has 0 heterocycles. The molecule has 0 bridgehead atoms. The number of aliphatic hydroxyl groups excluding tert-OH is 1. The van der Waals surface area contributed by atoms with Crippen LogP contribution in [-0.2, 0) is 11.3 Å². The van der Waals surface area contributed by atoms with Crippen LogP contribution in [-0.4, -0.2) is 23.3 Å². The van der Waals surface area contributed by atoms with Gasteiger partial charge in [-0.15, -0.1) is 0 Å². The molecule has 1 amide bonds. The fraction of sp³-hybridized carbons (Fsp3) is 0.533. The molecule has 0 aromatic heterocycles. The van der Waals surface area contributed by atoms with E-state index in [0.29, 0.717) is 0 Å². The summed E-state index contributed by atoms with van der Waals surface area (Å²) in [4.78, 5) is 11.8. The average molecular weight is 265 g/mol. The van der Waals surface area contributed by atoms with E-state index in [1.165, 1.54) is 0 Å². The first-order valence-corrected chi connectivity index (χ1v) is 6.38. The Balaban J connectivity index is 2.52. The van der Waals surface area contributed by atoms with E-state index in [-0.39, 0.29) is 13.2 Å². The van der Waals surface area contributed by atoms with Gasteiger partial charge >= 0.3 is 6.09 Å². The predicted molar refractivity (Wildman–Crippen MR) is 74.7 cm³/mol. The molecule has 0 atom stereocenters. The van der Waals surface area contributed by atoms with Crippen LogP contribution in [0.25, 0.3) is 0 Å². The largest absolute Gasteiger partial charge is 0.445 e. The van der Waals surface area contributed by atoms with Crippen LogP contribution in [0.5, 0.6) is 0 Å². The fourth-order valence-electron chi connectivity index (χ4n) is 1.38. The highest BCUT2D eigenvalue weighted by Crippen LogP contribution is 2.29. The van der Waals surface area contributed by atoms with Gasteiger partial charge in [0, 0.05) is 11.0 Å². The number of benzene rings is 1. The van der Waals surface area contributed by atoms with Gasteiger partial charge in [-0.25, -0.2) is 4.79 Å². The van der Waals surface area contributed by atoms with E-state index in [2.05, 4.69) is 5.32 Å². The van der Waals surface area contributed by atoms with Crippen LogP contribution < -0.4 is 5.32 Å². The number of hydrogen-bond acceptors (Lipinski definition) is 3. The lowest BCUT2D eigenvalue weighted by molar-refractivity contribution is 0.0585. The lowest BCUT2D eigenvalue weighted by Crippen LogP contribution is -2.55. The second kappa shape index (κ2) is 6.06. The summed E-state index contributed by atoms with van der Waals surface area (Å²) in [6.07, 6.45) is -0.477. The van der Waals surface area contributed by atoms with Crippen LogP contribution in [0.2, 0.25) is 0 Å². The van der Waals surface area contributed by atoms with E-state index in [1.807, 2.05) is 58.0 Å². The standard InChI is InChI=1S/C15H23NO3/c1-14(2,11-17)15(3,4)16-13(18)19-10-12-8-6-5-7-9-12/h5-9,17H,10-11H2,1-4H3,(H,16,18). The summed E-state index contributed by atoms with van der Waals surface area (Å²) in [5.41, 5.74) is -0.0502. The Morgan fingerprint density at radius 1 is 1.21 bits per heavy atom. The summed E-state index contributed by atoms with van der Waals surface area (Å²) in [6, 6.07) is 9.51. The number of carbonyl (C=O) groups is 1. The number of alkyl carbamates (subject to hydrolysis) is 1. The molecule has 0 aliphatic heterocycles. The Labute approximate surface area is 114 Å².